The SMILES string of the molecule is C/C(=C\[C@H](C(C)C)N(C)C(=O)C(NC(=O)[C@H]1CCCCN1C(C)C)C(C)(C)C)C(=O)N1CCCC1C(=O)NCCc1ccccc1. The van der Waals surface area contributed by atoms with E-state index in [1.165, 1.54) is 0 Å². The third kappa shape index (κ3) is 9.66. The van der Waals surface area contributed by atoms with Crippen LogP contribution in [0.3, 0.4) is 0 Å². The fourth-order valence-corrected chi connectivity index (χ4v) is 6.77. The number of piperidine rings is 1. The van der Waals surface area contributed by atoms with Crippen LogP contribution >= 0.6 is 0 Å². The third-order valence-electron chi connectivity index (χ3n) is 9.52. The lowest BCUT2D eigenvalue weighted by molar-refractivity contribution is -0.142. The van der Waals surface area contributed by atoms with Crippen LogP contribution in [0.25, 0.3) is 0 Å². The molecule has 2 fully saturated rings. The van der Waals surface area contributed by atoms with Crippen molar-refractivity contribution in [2.75, 3.05) is 26.7 Å². The molecule has 0 spiro atoms. The average molecular weight is 638 g/mol. The van der Waals surface area contributed by atoms with E-state index in [4.69, 9.17) is 0 Å². The fourth-order valence-electron chi connectivity index (χ4n) is 6.77. The number of hydrogen-bond donors (Lipinski definition) is 2. The Kier molecular flexibility index (Phi) is 13.4. The molecule has 3 rings (SSSR count). The topological polar surface area (TPSA) is 102 Å². The monoisotopic (exact) mass is 637 g/mol. The second-order valence-corrected chi connectivity index (χ2v) is 14.9. The summed E-state index contributed by atoms with van der Waals surface area (Å²) >= 11 is 0. The van der Waals surface area contributed by atoms with Crippen LogP contribution in [0.4, 0.5) is 0 Å². The number of carbonyl (C=O) groups excluding carboxylic acids is 4. The third-order valence-corrected chi connectivity index (χ3v) is 9.52. The van der Waals surface area contributed by atoms with Crippen LogP contribution in [0.5, 0.6) is 0 Å². The first-order chi connectivity index (χ1) is 21.6. The minimum atomic E-state index is -0.728. The number of carbonyl (C=O) groups is 4. The Labute approximate surface area is 277 Å². The molecule has 0 radical (unpaired) electrons. The molecule has 46 heavy (non-hydrogen) atoms. The van der Waals surface area contributed by atoms with Crippen molar-refractivity contribution < 1.29 is 19.2 Å². The van der Waals surface area contributed by atoms with Crippen molar-refractivity contribution in [3.05, 3.63) is 47.5 Å². The largest absolute Gasteiger partial charge is 0.354 e. The summed E-state index contributed by atoms with van der Waals surface area (Å²) in [5.41, 5.74) is 1.14. The van der Waals surface area contributed by atoms with Crippen LogP contribution in [0.2, 0.25) is 0 Å². The smallest absolute Gasteiger partial charge is 0.249 e. The zero-order valence-corrected chi connectivity index (χ0v) is 29.8. The lowest BCUT2D eigenvalue weighted by Crippen LogP contribution is -2.60. The molecule has 2 aliphatic rings. The predicted octanol–water partition coefficient (Wildman–Crippen LogP) is 4.56. The number of amides is 4. The van der Waals surface area contributed by atoms with E-state index in [2.05, 4.69) is 29.4 Å². The quantitative estimate of drug-likeness (QED) is 0.328. The maximum atomic E-state index is 14.1. The predicted molar refractivity (Wildman–Crippen MR) is 184 cm³/mol. The highest BCUT2D eigenvalue weighted by atomic mass is 16.2. The van der Waals surface area contributed by atoms with E-state index in [9.17, 15) is 19.2 Å². The van der Waals surface area contributed by atoms with E-state index < -0.39 is 17.5 Å². The molecule has 2 saturated heterocycles. The van der Waals surface area contributed by atoms with Gasteiger partial charge in [0.2, 0.25) is 23.6 Å². The molecule has 2 unspecified atom stereocenters. The van der Waals surface area contributed by atoms with E-state index in [0.717, 1.165) is 44.2 Å². The van der Waals surface area contributed by atoms with Gasteiger partial charge in [-0.3, -0.25) is 24.1 Å². The van der Waals surface area contributed by atoms with Gasteiger partial charge in [-0.15, -0.1) is 0 Å². The molecule has 4 amide bonds. The number of nitrogens with zero attached hydrogens (tertiary/aromatic N) is 3. The van der Waals surface area contributed by atoms with Crippen molar-refractivity contribution in [1.82, 2.24) is 25.3 Å². The van der Waals surface area contributed by atoms with Gasteiger partial charge in [0.15, 0.2) is 0 Å². The molecule has 2 N–H and O–H groups in total. The highest BCUT2D eigenvalue weighted by Crippen LogP contribution is 2.27. The summed E-state index contributed by atoms with van der Waals surface area (Å²) in [6, 6.07) is 8.39. The summed E-state index contributed by atoms with van der Waals surface area (Å²) < 4.78 is 0. The Hall–Kier alpha value is -3.20. The number of benzene rings is 1. The molecule has 4 atom stereocenters. The summed E-state index contributed by atoms with van der Waals surface area (Å²) in [7, 11) is 1.76. The van der Waals surface area contributed by atoms with E-state index in [1.807, 2.05) is 71.0 Å². The van der Waals surface area contributed by atoms with E-state index >= 15 is 0 Å². The van der Waals surface area contributed by atoms with Crippen molar-refractivity contribution in [3.8, 4) is 0 Å². The number of hydrogen-bond acceptors (Lipinski definition) is 5. The Bertz CT molecular complexity index is 1220. The highest BCUT2D eigenvalue weighted by molar-refractivity contribution is 5.97. The Morgan fingerprint density at radius 2 is 1.59 bits per heavy atom. The minimum absolute atomic E-state index is 0.0125. The zero-order chi connectivity index (χ0) is 34.2. The Morgan fingerprint density at radius 1 is 0.935 bits per heavy atom. The van der Waals surface area contributed by atoms with Crippen molar-refractivity contribution in [2.45, 2.75) is 124 Å². The fraction of sp³-hybridized carbons (Fsp3) is 0.676. The standard InChI is InChI=1S/C37H59N5O4/c1-25(2)31(40(9)36(46)32(37(6,7)8)39-34(44)30-18-13-14-22-41(30)26(3)4)24-27(5)35(45)42-23-15-19-29(42)33(43)38-21-20-28-16-11-10-12-17-28/h10-12,16-17,24-26,29-32H,13-15,18-23H2,1-9H3,(H,38,43)(H,39,44)/b27-24+/t29?,30-,31-,32?/m1/s1. The van der Waals surface area contributed by atoms with Gasteiger partial charge < -0.3 is 20.4 Å². The first-order valence-electron chi connectivity index (χ1n) is 17.3. The number of rotatable bonds is 12. The first kappa shape index (κ1) is 37.3. The van der Waals surface area contributed by atoms with Crippen LogP contribution in [0.1, 0.15) is 93.1 Å². The van der Waals surface area contributed by atoms with Gasteiger partial charge >= 0.3 is 0 Å². The summed E-state index contributed by atoms with van der Waals surface area (Å²) in [5, 5.41) is 6.16. The molecule has 2 aliphatic heterocycles. The summed E-state index contributed by atoms with van der Waals surface area (Å²) in [4.78, 5) is 60.2. The van der Waals surface area contributed by atoms with Gasteiger partial charge in [0, 0.05) is 31.8 Å². The van der Waals surface area contributed by atoms with Crippen molar-refractivity contribution in [1.29, 1.82) is 0 Å². The van der Waals surface area contributed by atoms with Gasteiger partial charge in [-0.2, -0.15) is 0 Å². The molecule has 9 nitrogen and oxygen atoms in total. The van der Waals surface area contributed by atoms with Gasteiger partial charge in [0.1, 0.15) is 12.1 Å². The van der Waals surface area contributed by atoms with Crippen molar-refractivity contribution in [2.24, 2.45) is 11.3 Å². The molecule has 0 aliphatic carbocycles. The van der Waals surface area contributed by atoms with E-state index in [0.29, 0.717) is 25.1 Å². The van der Waals surface area contributed by atoms with Gasteiger partial charge in [-0.05, 0) is 76.3 Å². The Balaban J connectivity index is 1.72. The van der Waals surface area contributed by atoms with E-state index in [-0.39, 0.29) is 47.7 Å². The molecular weight excluding hydrogens is 578 g/mol. The minimum Gasteiger partial charge on any atom is -0.354 e. The van der Waals surface area contributed by atoms with Crippen LogP contribution in [0.15, 0.2) is 42.0 Å². The zero-order valence-electron chi connectivity index (χ0n) is 29.8. The molecule has 9 heteroatoms. The molecule has 0 saturated carbocycles. The number of likely N-dealkylation sites (N-methyl/N-ethyl adjacent to an activating group) is 1. The molecular formula is C37H59N5O4. The summed E-state index contributed by atoms with van der Waals surface area (Å²) in [6.07, 6.45) is 6.84. The van der Waals surface area contributed by atoms with E-state index in [1.54, 1.807) is 23.8 Å². The number of nitrogens with one attached hydrogen (secondary N) is 2. The molecule has 0 aromatic heterocycles. The van der Waals surface area contributed by atoms with Crippen LogP contribution < -0.4 is 10.6 Å². The summed E-state index contributed by atoms with van der Waals surface area (Å²) in [6.45, 7) is 17.9. The second kappa shape index (κ2) is 16.6. The second-order valence-electron chi connectivity index (χ2n) is 14.9. The lowest BCUT2D eigenvalue weighted by Gasteiger charge is -2.41. The first-order valence-corrected chi connectivity index (χ1v) is 17.3. The van der Waals surface area contributed by atoms with Crippen LogP contribution in [-0.2, 0) is 25.6 Å². The maximum absolute atomic E-state index is 14.1. The normalized spacial score (nSPS) is 20.8. The summed E-state index contributed by atoms with van der Waals surface area (Å²) in [5.74, 6) is -0.572. The van der Waals surface area contributed by atoms with Crippen LogP contribution in [0, 0.1) is 11.3 Å². The van der Waals surface area contributed by atoms with Crippen molar-refractivity contribution in [3.63, 3.8) is 0 Å². The maximum Gasteiger partial charge on any atom is 0.249 e. The average Bonchev–Trinajstić information content (AvgIpc) is 3.51. The van der Waals surface area contributed by atoms with Gasteiger partial charge in [-0.25, -0.2) is 0 Å². The van der Waals surface area contributed by atoms with Gasteiger partial charge in [-0.1, -0.05) is 77.4 Å². The molecule has 1 aromatic rings. The molecule has 1 aromatic carbocycles. The number of likely N-dealkylation sites (tertiary alicyclic amines) is 2. The van der Waals surface area contributed by atoms with Gasteiger partial charge in [0.25, 0.3) is 0 Å². The van der Waals surface area contributed by atoms with Crippen LogP contribution in [-0.4, -0.2) is 95.2 Å². The Morgan fingerprint density at radius 3 is 2.20 bits per heavy atom. The molecule has 2 heterocycles. The van der Waals surface area contributed by atoms with Crippen molar-refractivity contribution >= 4 is 23.6 Å². The lowest BCUT2D eigenvalue weighted by atomic mass is 9.84. The molecule has 256 valence electrons. The van der Waals surface area contributed by atoms with Gasteiger partial charge in [0.05, 0.1) is 12.1 Å². The molecule has 0 bridgehead atoms. The highest BCUT2D eigenvalue weighted by Gasteiger charge is 2.40.